The van der Waals surface area contributed by atoms with Gasteiger partial charge in [0.15, 0.2) is 0 Å². The van der Waals surface area contributed by atoms with Gasteiger partial charge in [0, 0.05) is 12.3 Å². The van der Waals surface area contributed by atoms with Crippen LogP contribution in [0.4, 0.5) is 0 Å². The third kappa shape index (κ3) is 2.58. The van der Waals surface area contributed by atoms with Gasteiger partial charge in [0.1, 0.15) is 6.10 Å². The second-order valence-corrected chi connectivity index (χ2v) is 8.87. The summed E-state index contributed by atoms with van der Waals surface area (Å²) in [7, 11) is 0. The molecule has 6 unspecified atom stereocenters. The lowest BCUT2D eigenvalue weighted by Crippen LogP contribution is -2.52. The molecule has 0 spiro atoms. The average molecular weight is 334 g/mol. The Morgan fingerprint density at radius 3 is 2.79 bits per heavy atom. The minimum Gasteiger partial charge on any atom is -0.481 e. The zero-order valence-corrected chi connectivity index (χ0v) is 15.3. The summed E-state index contributed by atoms with van der Waals surface area (Å²) in [5, 5.41) is 8.99. The van der Waals surface area contributed by atoms with Crippen molar-refractivity contribution < 1.29 is 19.4 Å². The first-order valence-electron chi connectivity index (χ1n) is 9.29. The Balaban J connectivity index is 1.84. The molecule has 0 aromatic heterocycles. The van der Waals surface area contributed by atoms with Gasteiger partial charge in [0.2, 0.25) is 0 Å². The van der Waals surface area contributed by atoms with E-state index in [1.807, 2.05) is 6.92 Å². The van der Waals surface area contributed by atoms with Crippen molar-refractivity contribution in [3.63, 3.8) is 0 Å². The number of carboxylic acid groups (broad SMARTS) is 1. The highest BCUT2D eigenvalue weighted by molar-refractivity contribution is 5.80. The molecule has 4 nitrogen and oxygen atoms in total. The Bertz CT molecular complexity index is 580. The lowest BCUT2D eigenvalue weighted by atomic mass is 9.48. The van der Waals surface area contributed by atoms with E-state index in [2.05, 4.69) is 26.8 Å². The number of carbonyl (C=O) groups is 2. The number of allylic oxidation sites excluding steroid dienone is 1. The highest BCUT2D eigenvalue weighted by atomic mass is 16.6. The van der Waals surface area contributed by atoms with Crippen molar-refractivity contribution >= 4 is 11.9 Å². The number of carboxylic acids is 1. The van der Waals surface area contributed by atoms with E-state index in [9.17, 15) is 9.59 Å². The fourth-order valence-electron chi connectivity index (χ4n) is 5.99. The topological polar surface area (TPSA) is 63.6 Å². The molecule has 0 bridgehead atoms. The molecular formula is C20H30O4. The highest BCUT2D eigenvalue weighted by Crippen LogP contribution is 2.64. The van der Waals surface area contributed by atoms with Crippen molar-refractivity contribution in [2.45, 2.75) is 72.3 Å². The van der Waals surface area contributed by atoms with Gasteiger partial charge in [-0.15, -0.1) is 0 Å². The molecule has 0 radical (unpaired) electrons. The van der Waals surface area contributed by atoms with Gasteiger partial charge in [-0.05, 0) is 62.9 Å². The fourth-order valence-corrected chi connectivity index (χ4v) is 5.99. The van der Waals surface area contributed by atoms with Crippen LogP contribution in [0.2, 0.25) is 0 Å². The largest absolute Gasteiger partial charge is 0.481 e. The predicted octanol–water partition coefficient (Wildman–Crippen LogP) is 4.19. The molecule has 134 valence electrons. The quantitative estimate of drug-likeness (QED) is 0.605. The van der Waals surface area contributed by atoms with Crippen LogP contribution >= 0.6 is 0 Å². The maximum atomic E-state index is 12.5. The number of hydrogen-bond donors (Lipinski definition) is 1. The van der Waals surface area contributed by atoms with E-state index in [0.29, 0.717) is 5.92 Å². The molecule has 1 N–H and O–H groups in total. The monoisotopic (exact) mass is 334 g/mol. The summed E-state index contributed by atoms with van der Waals surface area (Å²) < 4.78 is 5.75. The van der Waals surface area contributed by atoms with Crippen LogP contribution in [0, 0.1) is 28.6 Å². The summed E-state index contributed by atoms with van der Waals surface area (Å²) in [6, 6.07) is 0. The van der Waals surface area contributed by atoms with E-state index in [4.69, 9.17) is 9.84 Å². The maximum Gasteiger partial charge on any atom is 0.312 e. The molecule has 0 aromatic carbocycles. The Labute approximate surface area is 144 Å². The Kier molecular flexibility index (Phi) is 4.29. The smallest absolute Gasteiger partial charge is 0.312 e. The van der Waals surface area contributed by atoms with Crippen molar-refractivity contribution in [2.24, 2.45) is 28.6 Å². The van der Waals surface area contributed by atoms with Gasteiger partial charge in [-0.25, -0.2) is 0 Å². The molecule has 4 heteroatoms. The van der Waals surface area contributed by atoms with Crippen LogP contribution in [0.1, 0.15) is 66.2 Å². The van der Waals surface area contributed by atoms with Crippen molar-refractivity contribution in [2.75, 3.05) is 0 Å². The second kappa shape index (κ2) is 5.89. The summed E-state index contributed by atoms with van der Waals surface area (Å²) in [5.41, 5.74) is 1.05. The first-order valence-corrected chi connectivity index (χ1v) is 9.29. The lowest BCUT2D eigenvalue weighted by molar-refractivity contribution is -0.148. The number of aliphatic carboxylic acids is 1. The van der Waals surface area contributed by atoms with E-state index < -0.39 is 5.97 Å². The molecule has 2 fully saturated rings. The molecular weight excluding hydrogens is 304 g/mol. The van der Waals surface area contributed by atoms with Crippen LogP contribution in [0.15, 0.2) is 11.6 Å². The van der Waals surface area contributed by atoms with Crippen LogP contribution in [0.5, 0.6) is 0 Å². The molecule has 24 heavy (non-hydrogen) atoms. The molecule has 0 aromatic rings. The minimum absolute atomic E-state index is 0.0210. The molecule has 1 saturated heterocycles. The van der Waals surface area contributed by atoms with Gasteiger partial charge in [0.05, 0.1) is 5.41 Å². The zero-order valence-electron chi connectivity index (χ0n) is 15.3. The van der Waals surface area contributed by atoms with E-state index in [0.717, 1.165) is 32.1 Å². The number of ether oxygens (including phenoxy) is 1. The first-order chi connectivity index (χ1) is 11.2. The predicted molar refractivity (Wildman–Crippen MR) is 91.3 cm³/mol. The Morgan fingerprint density at radius 2 is 2.12 bits per heavy atom. The number of rotatable bonds is 5. The van der Waals surface area contributed by atoms with Crippen LogP contribution < -0.4 is 0 Å². The van der Waals surface area contributed by atoms with E-state index in [1.54, 1.807) is 0 Å². The maximum absolute atomic E-state index is 12.5. The van der Waals surface area contributed by atoms with Gasteiger partial charge in [-0.3, -0.25) is 9.59 Å². The second-order valence-electron chi connectivity index (χ2n) is 8.87. The van der Waals surface area contributed by atoms with Gasteiger partial charge in [-0.2, -0.15) is 0 Å². The fraction of sp³-hybridized carbons (Fsp3) is 0.800. The van der Waals surface area contributed by atoms with Crippen LogP contribution in [0.25, 0.3) is 0 Å². The molecule has 1 aliphatic heterocycles. The average Bonchev–Trinajstić information content (AvgIpc) is 2.69. The molecule has 3 rings (SSSR count). The lowest BCUT2D eigenvalue weighted by Gasteiger charge is -2.54. The van der Waals surface area contributed by atoms with Crippen molar-refractivity contribution in [3.05, 3.63) is 11.6 Å². The van der Waals surface area contributed by atoms with Crippen LogP contribution in [-0.2, 0) is 14.3 Å². The number of hydrogen-bond acceptors (Lipinski definition) is 3. The summed E-state index contributed by atoms with van der Waals surface area (Å²) in [6.07, 6.45) is 7.38. The summed E-state index contributed by atoms with van der Waals surface area (Å²) >= 11 is 0. The Hall–Kier alpha value is -1.32. The standard InChI is InChI=1S/C20H30O4/c1-12(10-16(21)22)6-7-14-13(2)11-15-17-19(14,3)8-5-9-20(17,4)18(23)24-15/h11-12,14-15,17H,5-10H2,1-4H3,(H,21,22). The molecule has 3 aliphatic rings. The van der Waals surface area contributed by atoms with E-state index in [1.165, 1.54) is 5.57 Å². The van der Waals surface area contributed by atoms with Crippen molar-refractivity contribution in [3.8, 4) is 0 Å². The molecule has 1 heterocycles. The highest BCUT2D eigenvalue weighted by Gasteiger charge is 2.65. The van der Waals surface area contributed by atoms with Gasteiger partial charge >= 0.3 is 11.9 Å². The van der Waals surface area contributed by atoms with Crippen LogP contribution in [-0.4, -0.2) is 23.1 Å². The van der Waals surface area contributed by atoms with Crippen molar-refractivity contribution in [1.82, 2.24) is 0 Å². The van der Waals surface area contributed by atoms with Gasteiger partial charge in [-0.1, -0.05) is 25.8 Å². The van der Waals surface area contributed by atoms with E-state index in [-0.39, 0.29) is 41.2 Å². The van der Waals surface area contributed by atoms with Crippen LogP contribution in [0.3, 0.4) is 0 Å². The third-order valence-electron chi connectivity index (χ3n) is 7.09. The SMILES string of the molecule is CC1=CC2OC(=O)C3(C)CCCC(C)(C1CCC(C)CC(=O)O)C23. The van der Waals surface area contributed by atoms with Gasteiger partial charge in [0.25, 0.3) is 0 Å². The van der Waals surface area contributed by atoms with Crippen molar-refractivity contribution in [1.29, 1.82) is 0 Å². The van der Waals surface area contributed by atoms with Gasteiger partial charge < -0.3 is 9.84 Å². The Morgan fingerprint density at radius 1 is 1.42 bits per heavy atom. The molecule has 2 aliphatic carbocycles. The molecule has 0 amide bonds. The molecule has 6 atom stereocenters. The summed E-state index contributed by atoms with van der Waals surface area (Å²) in [4.78, 5) is 23.4. The number of esters is 1. The number of carbonyl (C=O) groups excluding carboxylic acids is 1. The normalized spacial score (nSPS) is 42.1. The minimum atomic E-state index is -0.718. The molecule has 1 saturated carbocycles. The summed E-state index contributed by atoms with van der Waals surface area (Å²) in [6.45, 7) is 8.61. The summed E-state index contributed by atoms with van der Waals surface area (Å²) in [5.74, 6) is 0.129. The zero-order chi connectivity index (χ0) is 17.7. The van der Waals surface area contributed by atoms with E-state index >= 15 is 0 Å². The third-order valence-corrected chi connectivity index (χ3v) is 7.09. The first kappa shape index (κ1) is 17.5.